The molecule has 5 nitrogen and oxygen atoms in total. The van der Waals surface area contributed by atoms with Gasteiger partial charge in [-0.05, 0) is 57.5 Å². The van der Waals surface area contributed by atoms with Gasteiger partial charge in [0.05, 0.1) is 10.6 Å². The number of hydrogen-bond donors (Lipinski definition) is 2. The van der Waals surface area contributed by atoms with Gasteiger partial charge in [0.2, 0.25) is 10.0 Å². The molecule has 1 heterocycles. The number of nitrogens with zero attached hydrogens (tertiary/aromatic N) is 1. The zero-order valence-corrected chi connectivity index (χ0v) is 13.2. The maximum absolute atomic E-state index is 13.5. The molecule has 1 atom stereocenters. The molecule has 0 aliphatic carbocycles. The zero-order chi connectivity index (χ0) is 15.6. The maximum atomic E-state index is 13.5. The van der Waals surface area contributed by atoms with Crippen molar-refractivity contribution in [3.8, 4) is 0 Å². The lowest BCUT2D eigenvalue weighted by Gasteiger charge is -2.21. The largest absolute Gasteiger partial charge is 0.396 e. The Balaban J connectivity index is 2.10. The monoisotopic (exact) mass is 315 g/mol. The number of sulfonamides is 1. The summed E-state index contributed by atoms with van der Waals surface area (Å²) in [6.07, 6.45) is 2.32. The summed E-state index contributed by atoms with van der Waals surface area (Å²) >= 11 is 0. The van der Waals surface area contributed by atoms with Crippen LogP contribution in [0, 0.1) is 12.7 Å². The van der Waals surface area contributed by atoms with Crippen LogP contribution in [0.2, 0.25) is 0 Å². The second kappa shape index (κ2) is 6.29. The van der Waals surface area contributed by atoms with Crippen molar-refractivity contribution in [1.82, 2.24) is 9.62 Å². The molecule has 1 aliphatic heterocycles. The molecule has 1 fully saturated rings. The van der Waals surface area contributed by atoms with Gasteiger partial charge in [-0.15, -0.1) is 0 Å². The van der Waals surface area contributed by atoms with Crippen LogP contribution < -0.4 is 10.5 Å². The summed E-state index contributed by atoms with van der Waals surface area (Å²) in [7, 11) is -3.69. The number of nitrogen functional groups attached to an aromatic ring is 1. The highest BCUT2D eigenvalue weighted by molar-refractivity contribution is 7.89. The van der Waals surface area contributed by atoms with E-state index < -0.39 is 15.8 Å². The number of aryl methyl sites for hydroxylation is 1. The summed E-state index contributed by atoms with van der Waals surface area (Å²) in [5.41, 5.74) is 5.58. The summed E-state index contributed by atoms with van der Waals surface area (Å²) in [6.45, 7) is 6.02. The van der Waals surface area contributed by atoms with Crippen molar-refractivity contribution < 1.29 is 12.8 Å². The van der Waals surface area contributed by atoms with Crippen molar-refractivity contribution in [2.45, 2.75) is 37.6 Å². The van der Waals surface area contributed by atoms with E-state index in [0.29, 0.717) is 6.54 Å². The van der Waals surface area contributed by atoms with Crippen molar-refractivity contribution in [3.63, 3.8) is 0 Å². The number of benzene rings is 1. The number of likely N-dealkylation sites (tertiary alicyclic amines) is 1. The lowest BCUT2D eigenvalue weighted by Crippen LogP contribution is -2.41. The summed E-state index contributed by atoms with van der Waals surface area (Å²) in [4.78, 5) is 2.24. The molecule has 1 aromatic carbocycles. The van der Waals surface area contributed by atoms with Crippen LogP contribution in [0.3, 0.4) is 0 Å². The number of nitrogens with two attached hydrogens (primary N) is 1. The highest BCUT2D eigenvalue weighted by Crippen LogP contribution is 2.21. The third-order valence-electron chi connectivity index (χ3n) is 3.65. The maximum Gasteiger partial charge on any atom is 0.240 e. The van der Waals surface area contributed by atoms with Crippen molar-refractivity contribution in [3.05, 3.63) is 23.5 Å². The normalized spacial score (nSPS) is 18.0. The van der Waals surface area contributed by atoms with Gasteiger partial charge >= 0.3 is 0 Å². The van der Waals surface area contributed by atoms with Crippen LogP contribution in [-0.4, -0.2) is 39.0 Å². The van der Waals surface area contributed by atoms with E-state index >= 15 is 0 Å². The molecule has 118 valence electrons. The Hall–Kier alpha value is -1.18. The summed E-state index contributed by atoms with van der Waals surface area (Å²) in [6, 6.07) is 2.25. The first-order chi connectivity index (χ1) is 9.79. The van der Waals surface area contributed by atoms with Gasteiger partial charge in [-0.3, -0.25) is 0 Å². The molecule has 2 rings (SSSR count). The molecule has 0 amide bonds. The molecule has 1 aromatic rings. The second-order valence-electron chi connectivity index (χ2n) is 5.67. The van der Waals surface area contributed by atoms with Crippen LogP contribution in [0.1, 0.15) is 25.3 Å². The quantitative estimate of drug-likeness (QED) is 0.807. The van der Waals surface area contributed by atoms with Crippen molar-refractivity contribution in [2.75, 3.05) is 25.4 Å². The number of halogens is 1. The fourth-order valence-electron chi connectivity index (χ4n) is 2.64. The molecule has 1 aliphatic rings. The Morgan fingerprint density at radius 1 is 1.38 bits per heavy atom. The van der Waals surface area contributed by atoms with Crippen LogP contribution in [0.5, 0.6) is 0 Å². The second-order valence-corrected chi connectivity index (χ2v) is 7.39. The molecule has 1 saturated heterocycles. The van der Waals surface area contributed by atoms with E-state index in [9.17, 15) is 12.8 Å². The Bertz CT molecular complexity index is 590. The topological polar surface area (TPSA) is 75.4 Å². The van der Waals surface area contributed by atoms with E-state index in [4.69, 9.17) is 5.73 Å². The number of nitrogens with one attached hydrogen (secondary N) is 1. The fraction of sp³-hybridized carbons (Fsp3) is 0.571. The minimum Gasteiger partial charge on any atom is -0.396 e. The van der Waals surface area contributed by atoms with E-state index in [1.54, 1.807) is 0 Å². The average Bonchev–Trinajstić information content (AvgIpc) is 2.87. The highest BCUT2D eigenvalue weighted by Gasteiger charge is 2.22. The molecular formula is C14H22FN3O2S. The van der Waals surface area contributed by atoms with Crippen molar-refractivity contribution >= 4 is 15.7 Å². The third-order valence-corrected chi connectivity index (χ3v) is 5.22. The molecular weight excluding hydrogens is 293 g/mol. The lowest BCUT2D eigenvalue weighted by atomic mass is 10.2. The standard InChI is InChI=1S/C14H22FN3O2S/c1-10-7-12(8-13(16)14(10)15)21(19,20)17-11(2)9-18-5-3-4-6-18/h7-8,11,17H,3-6,9,16H2,1-2H3. The molecule has 3 N–H and O–H groups in total. The number of rotatable bonds is 5. The lowest BCUT2D eigenvalue weighted by molar-refractivity contribution is 0.313. The molecule has 7 heteroatoms. The van der Waals surface area contributed by atoms with Gasteiger partial charge in [0.1, 0.15) is 5.82 Å². The Labute approximate surface area is 125 Å². The van der Waals surface area contributed by atoms with Gasteiger partial charge in [-0.2, -0.15) is 0 Å². The molecule has 0 bridgehead atoms. The third kappa shape index (κ3) is 3.93. The number of anilines is 1. The van der Waals surface area contributed by atoms with Gasteiger partial charge in [0.15, 0.2) is 0 Å². The Morgan fingerprint density at radius 3 is 2.57 bits per heavy atom. The summed E-state index contributed by atoms with van der Waals surface area (Å²) < 4.78 is 40.8. The minimum absolute atomic E-state index is 0.00664. The van der Waals surface area contributed by atoms with Crippen molar-refractivity contribution in [2.24, 2.45) is 0 Å². The fourth-order valence-corrected chi connectivity index (χ4v) is 3.99. The van der Waals surface area contributed by atoms with E-state index in [0.717, 1.165) is 32.0 Å². The first-order valence-electron chi connectivity index (χ1n) is 7.10. The molecule has 0 radical (unpaired) electrons. The number of hydrogen-bond acceptors (Lipinski definition) is 4. The van der Waals surface area contributed by atoms with E-state index in [1.807, 2.05) is 6.92 Å². The smallest absolute Gasteiger partial charge is 0.240 e. The van der Waals surface area contributed by atoms with Crippen LogP contribution in [0.15, 0.2) is 17.0 Å². The molecule has 0 saturated carbocycles. The predicted octanol–water partition coefficient (Wildman–Crippen LogP) is 1.48. The van der Waals surface area contributed by atoms with Crippen LogP contribution in [0.25, 0.3) is 0 Å². The van der Waals surface area contributed by atoms with E-state index in [2.05, 4.69) is 9.62 Å². The first kappa shape index (κ1) is 16.2. The summed E-state index contributed by atoms with van der Waals surface area (Å²) in [5.74, 6) is -0.570. The van der Waals surface area contributed by atoms with E-state index in [-0.39, 0.29) is 22.2 Å². The SMILES string of the molecule is Cc1cc(S(=O)(=O)NC(C)CN2CCCC2)cc(N)c1F. The van der Waals surface area contributed by atoms with E-state index in [1.165, 1.54) is 13.0 Å². The highest BCUT2D eigenvalue weighted by atomic mass is 32.2. The van der Waals surface area contributed by atoms with Crippen molar-refractivity contribution in [1.29, 1.82) is 0 Å². The molecule has 1 unspecified atom stereocenters. The Morgan fingerprint density at radius 2 is 2.00 bits per heavy atom. The Kier molecular flexibility index (Phi) is 4.85. The van der Waals surface area contributed by atoms with Gasteiger partial charge in [0.25, 0.3) is 0 Å². The van der Waals surface area contributed by atoms with Crippen LogP contribution in [-0.2, 0) is 10.0 Å². The van der Waals surface area contributed by atoms with Gasteiger partial charge < -0.3 is 10.6 Å². The van der Waals surface area contributed by atoms with Crippen LogP contribution >= 0.6 is 0 Å². The van der Waals surface area contributed by atoms with Crippen LogP contribution in [0.4, 0.5) is 10.1 Å². The molecule has 0 spiro atoms. The minimum atomic E-state index is -3.69. The average molecular weight is 315 g/mol. The summed E-state index contributed by atoms with van der Waals surface area (Å²) in [5, 5.41) is 0. The first-order valence-corrected chi connectivity index (χ1v) is 8.58. The van der Waals surface area contributed by atoms with Gasteiger partial charge in [0, 0.05) is 12.6 Å². The van der Waals surface area contributed by atoms with Gasteiger partial charge in [-0.1, -0.05) is 0 Å². The molecule has 21 heavy (non-hydrogen) atoms. The van der Waals surface area contributed by atoms with Gasteiger partial charge in [-0.25, -0.2) is 17.5 Å². The zero-order valence-electron chi connectivity index (χ0n) is 12.4. The molecule has 0 aromatic heterocycles. The predicted molar refractivity (Wildman–Crippen MR) is 81.0 cm³/mol.